The Kier molecular flexibility index (Phi) is 4.65. The van der Waals surface area contributed by atoms with Crippen LogP contribution in [0, 0.1) is 0 Å². The molecule has 4 aromatic rings. The second-order valence-electron chi connectivity index (χ2n) is 6.71. The van der Waals surface area contributed by atoms with Gasteiger partial charge in [0.15, 0.2) is 0 Å². The molecular weight excluding hydrogens is 296 g/mol. The minimum atomic E-state index is 0. The van der Waals surface area contributed by atoms with Crippen LogP contribution in [0.4, 0.5) is 0 Å². The molecule has 0 radical (unpaired) electrons. The maximum atomic E-state index is 4.16. The molecule has 4 rings (SSSR count). The predicted octanol–water partition coefficient (Wildman–Crippen LogP) is 5.86. The van der Waals surface area contributed by atoms with Gasteiger partial charge < -0.3 is 4.98 Å². The summed E-state index contributed by atoms with van der Waals surface area (Å²) in [6.45, 7) is 8.78. The Morgan fingerprint density at radius 2 is 1.58 bits per heavy atom. The van der Waals surface area contributed by atoms with Crippen LogP contribution < -0.4 is 0 Å². The third kappa shape index (κ3) is 3.48. The molecule has 2 aromatic carbocycles. The molecule has 0 aliphatic carbocycles. The van der Waals surface area contributed by atoms with Crippen molar-refractivity contribution in [2.75, 3.05) is 0 Å². The fraction of sp³-hybridized carbons (Fsp3) is 0.300. The zero-order valence-corrected chi connectivity index (χ0v) is 14.7. The summed E-state index contributed by atoms with van der Waals surface area (Å²) >= 11 is 0. The molecule has 4 nitrogen and oxygen atoms in total. The van der Waals surface area contributed by atoms with Gasteiger partial charge in [-0.05, 0) is 47.2 Å². The highest BCUT2D eigenvalue weighted by molar-refractivity contribution is 5.78. The third-order valence-corrected chi connectivity index (χ3v) is 4.24. The van der Waals surface area contributed by atoms with Crippen molar-refractivity contribution >= 4 is 21.9 Å². The lowest BCUT2D eigenvalue weighted by Crippen LogP contribution is -1.85. The predicted molar refractivity (Wildman–Crippen MR) is 105 cm³/mol. The molecule has 128 valence electrons. The Labute approximate surface area is 145 Å². The number of nitrogens with zero attached hydrogens (tertiary/aromatic N) is 2. The van der Waals surface area contributed by atoms with Crippen molar-refractivity contribution in [3.8, 4) is 0 Å². The van der Waals surface area contributed by atoms with E-state index in [0.29, 0.717) is 11.8 Å². The van der Waals surface area contributed by atoms with Crippen LogP contribution in [-0.4, -0.2) is 20.2 Å². The van der Waals surface area contributed by atoms with Crippen LogP contribution >= 0.6 is 0 Å². The molecule has 4 heteroatoms. The van der Waals surface area contributed by atoms with E-state index in [0.717, 1.165) is 16.6 Å². The van der Waals surface area contributed by atoms with Crippen molar-refractivity contribution in [2.24, 2.45) is 0 Å². The Morgan fingerprint density at radius 3 is 2.33 bits per heavy atom. The first-order valence-electron chi connectivity index (χ1n) is 8.40. The van der Waals surface area contributed by atoms with Crippen LogP contribution in [0.25, 0.3) is 21.9 Å². The number of benzene rings is 2. The number of fused-ring (bicyclic) bond motifs is 2. The molecule has 0 aliphatic rings. The minimum Gasteiger partial charge on any atom is -0.345 e. The summed E-state index contributed by atoms with van der Waals surface area (Å²) in [5, 5.41) is 8.11. The Balaban J connectivity index is 0.000000241. The van der Waals surface area contributed by atoms with Crippen LogP contribution in [-0.2, 0) is 0 Å². The fourth-order valence-corrected chi connectivity index (χ4v) is 2.63. The van der Waals surface area contributed by atoms with E-state index < -0.39 is 0 Å². The third-order valence-electron chi connectivity index (χ3n) is 4.24. The molecule has 2 aromatic heterocycles. The van der Waals surface area contributed by atoms with Crippen molar-refractivity contribution in [1.82, 2.24) is 20.2 Å². The second kappa shape index (κ2) is 6.87. The highest BCUT2D eigenvalue weighted by Gasteiger charge is 2.01. The second-order valence-corrected chi connectivity index (χ2v) is 6.71. The van der Waals surface area contributed by atoms with E-state index in [2.05, 4.69) is 84.3 Å². The number of aromatic amines is 2. The van der Waals surface area contributed by atoms with Crippen molar-refractivity contribution in [1.29, 1.82) is 0 Å². The minimum absolute atomic E-state index is 0. The first kappa shape index (κ1) is 16.2. The number of aromatic nitrogens is 4. The monoisotopic (exact) mass is 324 g/mol. The highest BCUT2D eigenvalue weighted by Crippen LogP contribution is 2.19. The number of hydrogen-bond acceptors (Lipinski definition) is 2. The van der Waals surface area contributed by atoms with Crippen molar-refractivity contribution in [3.05, 3.63) is 60.0 Å². The van der Waals surface area contributed by atoms with E-state index >= 15 is 0 Å². The number of imidazole rings is 1. The van der Waals surface area contributed by atoms with Crippen molar-refractivity contribution in [2.45, 2.75) is 39.5 Å². The topological polar surface area (TPSA) is 57.4 Å². The van der Waals surface area contributed by atoms with E-state index in [1.165, 1.54) is 16.5 Å². The largest absolute Gasteiger partial charge is 0.345 e. The van der Waals surface area contributed by atoms with Gasteiger partial charge in [-0.2, -0.15) is 5.10 Å². The number of H-pyrrole nitrogens is 2. The zero-order chi connectivity index (χ0) is 17.1. The molecule has 0 aliphatic heterocycles. The number of hydrogen-bond donors (Lipinski definition) is 2. The SMILES string of the molecule is CC(C)c1ccc2[nH]ncc2c1.CC(C)c1ccc2nc[nH]c2c1.[HH].[HH]. The number of rotatable bonds is 2. The van der Waals surface area contributed by atoms with Crippen LogP contribution in [0.15, 0.2) is 48.9 Å². The maximum Gasteiger partial charge on any atom is 0.0931 e. The van der Waals surface area contributed by atoms with Crippen LogP contribution in [0.1, 0.15) is 53.5 Å². The molecule has 0 saturated heterocycles. The number of nitrogens with one attached hydrogen (secondary N) is 2. The molecule has 0 amide bonds. The van der Waals surface area contributed by atoms with Crippen LogP contribution in [0.2, 0.25) is 0 Å². The van der Waals surface area contributed by atoms with Crippen LogP contribution in [0.3, 0.4) is 0 Å². The van der Waals surface area contributed by atoms with Gasteiger partial charge in [-0.1, -0.05) is 39.8 Å². The Morgan fingerprint density at radius 1 is 0.875 bits per heavy atom. The van der Waals surface area contributed by atoms with Gasteiger partial charge in [0.1, 0.15) is 0 Å². The fourth-order valence-electron chi connectivity index (χ4n) is 2.63. The molecule has 0 saturated carbocycles. The molecule has 0 fully saturated rings. The lowest BCUT2D eigenvalue weighted by atomic mass is 10.0. The Bertz CT molecular complexity index is 863. The van der Waals surface area contributed by atoms with Gasteiger partial charge >= 0.3 is 0 Å². The van der Waals surface area contributed by atoms with E-state index in [-0.39, 0.29) is 2.85 Å². The summed E-state index contributed by atoms with van der Waals surface area (Å²) in [5.74, 6) is 1.17. The van der Waals surface area contributed by atoms with Crippen molar-refractivity contribution in [3.63, 3.8) is 0 Å². The quantitative estimate of drug-likeness (QED) is 0.485. The van der Waals surface area contributed by atoms with E-state index in [1.54, 1.807) is 6.33 Å². The summed E-state index contributed by atoms with van der Waals surface area (Å²) in [6.07, 6.45) is 3.59. The summed E-state index contributed by atoms with van der Waals surface area (Å²) < 4.78 is 0. The van der Waals surface area contributed by atoms with E-state index in [4.69, 9.17) is 0 Å². The molecule has 2 heterocycles. The summed E-state index contributed by atoms with van der Waals surface area (Å²) in [5.41, 5.74) is 6.00. The zero-order valence-electron chi connectivity index (χ0n) is 14.7. The highest BCUT2D eigenvalue weighted by atomic mass is 15.1. The van der Waals surface area contributed by atoms with E-state index in [9.17, 15) is 0 Å². The van der Waals surface area contributed by atoms with Gasteiger partial charge in [0, 0.05) is 8.24 Å². The van der Waals surface area contributed by atoms with E-state index in [1.807, 2.05) is 6.20 Å². The molecule has 0 atom stereocenters. The summed E-state index contributed by atoms with van der Waals surface area (Å²) in [6, 6.07) is 12.8. The van der Waals surface area contributed by atoms with Gasteiger partial charge in [0.25, 0.3) is 0 Å². The average molecular weight is 324 g/mol. The van der Waals surface area contributed by atoms with Gasteiger partial charge in [0.05, 0.1) is 29.1 Å². The smallest absolute Gasteiger partial charge is 0.0931 e. The molecule has 0 spiro atoms. The first-order chi connectivity index (χ1) is 11.5. The normalized spacial score (nSPS) is 11.2. The summed E-state index contributed by atoms with van der Waals surface area (Å²) in [7, 11) is 0. The van der Waals surface area contributed by atoms with Crippen LogP contribution in [0.5, 0.6) is 0 Å². The molecular formula is C20H28N4. The maximum absolute atomic E-state index is 4.16. The lowest BCUT2D eigenvalue weighted by molar-refractivity contribution is 0.868. The van der Waals surface area contributed by atoms with Gasteiger partial charge in [-0.25, -0.2) is 4.98 Å². The standard InChI is InChI=1S/2C10H12N2.2H2/c1-7(2)8-3-4-10-9(5-8)6-11-12-10;1-7(2)8-3-4-9-10(5-8)12-6-11-9;;/h2*3-7H,1-2H3,(H,11,12);2*1H. The molecule has 0 bridgehead atoms. The van der Waals surface area contributed by atoms with Gasteiger partial charge in [0.2, 0.25) is 0 Å². The average Bonchev–Trinajstić information content (AvgIpc) is 3.22. The van der Waals surface area contributed by atoms with Crippen molar-refractivity contribution < 1.29 is 2.85 Å². The molecule has 2 N–H and O–H groups in total. The molecule has 24 heavy (non-hydrogen) atoms. The Hall–Kier alpha value is -2.62. The van der Waals surface area contributed by atoms with Gasteiger partial charge in [-0.3, -0.25) is 5.10 Å². The first-order valence-corrected chi connectivity index (χ1v) is 8.40. The van der Waals surface area contributed by atoms with Gasteiger partial charge in [-0.15, -0.1) is 0 Å². The molecule has 0 unspecified atom stereocenters. The lowest BCUT2D eigenvalue weighted by Gasteiger charge is -2.03. The summed E-state index contributed by atoms with van der Waals surface area (Å²) in [4.78, 5) is 7.27.